The lowest BCUT2D eigenvalue weighted by Gasteiger charge is -2.24. The average molecular weight is 257 g/mol. The molecule has 1 amide bonds. The Morgan fingerprint density at radius 3 is 2.53 bits per heavy atom. The zero-order valence-corrected chi connectivity index (χ0v) is 11.2. The van der Waals surface area contributed by atoms with E-state index in [2.05, 4.69) is 24.1 Å². The summed E-state index contributed by atoms with van der Waals surface area (Å²) < 4.78 is 0. The SMILES string of the molecule is CC(C)(CNC(=O)c1ccc(N)cc1)c1cc[nH]c1. The van der Waals surface area contributed by atoms with Gasteiger partial charge in [-0.15, -0.1) is 0 Å². The Morgan fingerprint density at radius 2 is 1.95 bits per heavy atom. The summed E-state index contributed by atoms with van der Waals surface area (Å²) in [5.41, 5.74) is 7.94. The number of carbonyl (C=O) groups excluding carboxylic acids is 1. The lowest BCUT2D eigenvalue weighted by atomic mass is 9.86. The van der Waals surface area contributed by atoms with Gasteiger partial charge in [-0.05, 0) is 35.9 Å². The highest BCUT2D eigenvalue weighted by molar-refractivity contribution is 5.94. The van der Waals surface area contributed by atoms with Crippen molar-refractivity contribution in [3.8, 4) is 0 Å². The highest BCUT2D eigenvalue weighted by Gasteiger charge is 2.21. The highest BCUT2D eigenvalue weighted by Crippen LogP contribution is 2.21. The van der Waals surface area contributed by atoms with Crippen LogP contribution in [-0.4, -0.2) is 17.4 Å². The van der Waals surface area contributed by atoms with Crippen molar-refractivity contribution in [3.05, 3.63) is 53.9 Å². The minimum Gasteiger partial charge on any atom is -0.399 e. The van der Waals surface area contributed by atoms with Crippen LogP contribution in [0.25, 0.3) is 0 Å². The Labute approximate surface area is 113 Å². The normalized spacial score (nSPS) is 11.3. The van der Waals surface area contributed by atoms with E-state index in [0.717, 1.165) is 0 Å². The van der Waals surface area contributed by atoms with Crippen LogP contribution < -0.4 is 11.1 Å². The molecule has 0 saturated heterocycles. The second-order valence-electron chi connectivity index (χ2n) is 5.29. The highest BCUT2D eigenvalue weighted by atomic mass is 16.1. The Bertz CT molecular complexity index is 541. The maximum Gasteiger partial charge on any atom is 0.251 e. The number of aromatic nitrogens is 1. The van der Waals surface area contributed by atoms with Gasteiger partial charge < -0.3 is 16.0 Å². The van der Waals surface area contributed by atoms with Crippen LogP contribution >= 0.6 is 0 Å². The number of amides is 1. The fourth-order valence-corrected chi connectivity index (χ4v) is 1.88. The Kier molecular flexibility index (Phi) is 3.60. The number of nitrogens with one attached hydrogen (secondary N) is 2. The number of hydrogen-bond donors (Lipinski definition) is 3. The van der Waals surface area contributed by atoms with Crippen molar-refractivity contribution in [3.63, 3.8) is 0 Å². The third kappa shape index (κ3) is 3.16. The number of H-pyrrole nitrogens is 1. The van der Waals surface area contributed by atoms with Crippen LogP contribution in [0.4, 0.5) is 5.69 Å². The maximum absolute atomic E-state index is 12.0. The maximum atomic E-state index is 12.0. The van der Waals surface area contributed by atoms with Crippen LogP contribution in [0.15, 0.2) is 42.7 Å². The molecule has 100 valence electrons. The summed E-state index contributed by atoms with van der Waals surface area (Å²) in [5.74, 6) is -0.0800. The first-order valence-electron chi connectivity index (χ1n) is 6.26. The van der Waals surface area contributed by atoms with Gasteiger partial charge in [0.25, 0.3) is 5.91 Å². The van der Waals surface area contributed by atoms with Gasteiger partial charge in [-0.2, -0.15) is 0 Å². The number of carbonyl (C=O) groups is 1. The summed E-state index contributed by atoms with van der Waals surface area (Å²) in [6.45, 7) is 4.77. The van der Waals surface area contributed by atoms with Gasteiger partial charge in [-0.25, -0.2) is 0 Å². The molecule has 0 fully saturated rings. The third-order valence-corrected chi connectivity index (χ3v) is 3.24. The molecule has 0 aliphatic carbocycles. The molecular formula is C15H19N3O. The molecule has 0 spiro atoms. The fraction of sp³-hybridized carbons (Fsp3) is 0.267. The molecule has 0 radical (unpaired) electrons. The smallest absolute Gasteiger partial charge is 0.251 e. The molecule has 0 saturated carbocycles. The molecule has 19 heavy (non-hydrogen) atoms. The molecule has 0 aliphatic rings. The molecule has 0 atom stereocenters. The van der Waals surface area contributed by atoms with Gasteiger partial charge in [-0.1, -0.05) is 13.8 Å². The van der Waals surface area contributed by atoms with E-state index >= 15 is 0 Å². The number of benzene rings is 1. The van der Waals surface area contributed by atoms with Crippen molar-refractivity contribution in [1.82, 2.24) is 10.3 Å². The number of hydrogen-bond acceptors (Lipinski definition) is 2. The van der Waals surface area contributed by atoms with E-state index in [1.807, 2.05) is 18.5 Å². The molecule has 4 nitrogen and oxygen atoms in total. The number of nitrogens with two attached hydrogens (primary N) is 1. The minimum absolute atomic E-state index is 0.0800. The standard InChI is InChI=1S/C15H19N3O/c1-15(2,12-7-8-17-9-12)10-18-14(19)11-3-5-13(16)6-4-11/h3-9,17H,10,16H2,1-2H3,(H,18,19). The molecular weight excluding hydrogens is 238 g/mol. The van der Waals surface area contributed by atoms with E-state index in [-0.39, 0.29) is 11.3 Å². The topological polar surface area (TPSA) is 70.9 Å². The van der Waals surface area contributed by atoms with Crippen molar-refractivity contribution in [2.75, 3.05) is 12.3 Å². The first-order valence-corrected chi connectivity index (χ1v) is 6.26. The Balaban J connectivity index is 1.99. The summed E-state index contributed by atoms with van der Waals surface area (Å²) in [6, 6.07) is 8.94. The Hall–Kier alpha value is -2.23. The van der Waals surface area contributed by atoms with Crippen molar-refractivity contribution in [2.24, 2.45) is 0 Å². The summed E-state index contributed by atoms with van der Waals surface area (Å²) in [5, 5.41) is 2.95. The summed E-state index contributed by atoms with van der Waals surface area (Å²) in [4.78, 5) is 15.0. The number of rotatable bonds is 4. The van der Waals surface area contributed by atoms with Gasteiger partial charge >= 0.3 is 0 Å². The summed E-state index contributed by atoms with van der Waals surface area (Å²) in [7, 11) is 0. The third-order valence-electron chi connectivity index (χ3n) is 3.24. The lowest BCUT2D eigenvalue weighted by Crippen LogP contribution is -2.36. The van der Waals surface area contributed by atoms with Crippen molar-refractivity contribution < 1.29 is 4.79 Å². The van der Waals surface area contributed by atoms with E-state index in [4.69, 9.17) is 5.73 Å². The van der Waals surface area contributed by atoms with Gasteiger partial charge in [-0.3, -0.25) is 4.79 Å². The van der Waals surface area contributed by atoms with Crippen LogP contribution in [0.2, 0.25) is 0 Å². The van der Waals surface area contributed by atoms with E-state index in [9.17, 15) is 4.79 Å². The number of anilines is 1. The molecule has 4 heteroatoms. The zero-order chi connectivity index (χ0) is 13.9. The largest absolute Gasteiger partial charge is 0.399 e. The molecule has 2 aromatic rings. The van der Waals surface area contributed by atoms with Crippen molar-refractivity contribution >= 4 is 11.6 Å². The molecule has 0 aliphatic heterocycles. The van der Waals surface area contributed by atoms with Crippen LogP contribution in [-0.2, 0) is 5.41 Å². The molecule has 1 heterocycles. The number of aromatic amines is 1. The van der Waals surface area contributed by atoms with Crippen LogP contribution in [0.1, 0.15) is 29.8 Å². The van der Waals surface area contributed by atoms with E-state index in [1.54, 1.807) is 24.3 Å². The van der Waals surface area contributed by atoms with Gasteiger partial charge in [0, 0.05) is 35.6 Å². The van der Waals surface area contributed by atoms with Gasteiger partial charge in [0.05, 0.1) is 0 Å². The molecule has 1 aromatic heterocycles. The van der Waals surface area contributed by atoms with E-state index in [1.165, 1.54) is 5.56 Å². The summed E-state index contributed by atoms with van der Waals surface area (Å²) >= 11 is 0. The Morgan fingerprint density at radius 1 is 1.26 bits per heavy atom. The van der Waals surface area contributed by atoms with Crippen molar-refractivity contribution in [2.45, 2.75) is 19.3 Å². The van der Waals surface area contributed by atoms with E-state index < -0.39 is 0 Å². The zero-order valence-electron chi connectivity index (χ0n) is 11.2. The predicted molar refractivity (Wildman–Crippen MR) is 77.0 cm³/mol. The van der Waals surface area contributed by atoms with Gasteiger partial charge in [0.15, 0.2) is 0 Å². The minimum atomic E-state index is -0.108. The van der Waals surface area contributed by atoms with Crippen molar-refractivity contribution in [1.29, 1.82) is 0 Å². The quantitative estimate of drug-likeness (QED) is 0.735. The molecule has 0 unspecified atom stereocenters. The first kappa shape index (κ1) is 13.2. The average Bonchev–Trinajstić information content (AvgIpc) is 2.91. The molecule has 4 N–H and O–H groups in total. The second kappa shape index (κ2) is 5.18. The predicted octanol–water partition coefficient (Wildman–Crippen LogP) is 2.30. The lowest BCUT2D eigenvalue weighted by molar-refractivity contribution is 0.0945. The molecule has 0 bridgehead atoms. The second-order valence-corrected chi connectivity index (χ2v) is 5.29. The van der Waals surface area contributed by atoms with Gasteiger partial charge in [0.2, 0.25) is 0 Å². The number of nitrogen functional groups attached to an aromatic ring is 1. The van der Waals surface area contributed by atoms with Gasteiger partial charge in [0.1, 0.15) is 0 Å². The monoisotopic (exact) mass is 257 g/mol. The van der Waals surface area contributed by atoms with Crippen LogP contribution in [0, 0.1) is 0 Å². The van der Waals surface area contributed by atoms with Crippen LogP contribution in [0.3, 0.4) is 0 Å². The van der Waals surface area contributed by atoms with Crippen LogP contribution in [0.5, 0.6) is 0 Å². The summed E-state index contributed by atoms with van der Waals surface area (Å²) in [6.07, 6.45) is 3.84. The molecule has 1 aromatic carbocycles. The first-order chi connectivity index (χ1) is 8.99. The molecule has 2 rings (SSSR count). The fourth-order valence-electron chi connectivity index (χ4n) is 1.88. The van der Waals surface area contributed by atoms with E-state index in [0.29, 0.717) is 17.8 Å².